The van der Waals surface area contributed by atoms with E-state index in [1.807, 2.05) is 37.3 Å². The van der Waals surface area contributed by atoms with Crippen LogP contribution in [0.2, 0.25) is 0 Å². The van der Waals surface area contributed by atoms with Crippen LogP contribution in [0.1, 0.15) is 48.7 Å². The Morgan fingerprint density at radius 3 is 3.04 bits per heavy atom. The average Bonchev–Trinajstić information content (AvgIpc) is 3.20. The van der Waals surface area contributed by atoms with Crippen LogP contribution in [0, 0.1) is 6.92 Å². The first-order valence-corrected chi connectivity index (χ1v) is 9.32. The van der Waals surface area contributed by atoms with Crippen molar-refractivity contribution in [1.82, 2.24) is 25.1 Å². The Morgan fingerprint density at radius 2 is 2.22 bits per heavy atom. The highest BCUT2D eigenvalue weighted by atomic mass is 16.5. The van der Waals surface area contributed by atoms with Crippen LogP contribution < -0.4 is 5.32 Å². The molecule has 7 heteroatoms. The number of nitrogens with zero attached hydrogens (tertiary/aromatic N) is 3. The lowest BCUT2D eigenvalue weighted by atomic mass is 9.94. The van der Waals surface area contributed by atoms with Crippen molar-refractivity contribution < 1.29 is 9.53 Å². The number of fused-ring (bicyclic) bond motifs is 1. The second-order valence-corrected chi connectivity index (χ2v) is 7.78. The molecule has 27 heavy (non-hydrogen) atoms. The smallest absolute Gasteiger partial charge is 0.271 e. The van der Waals surface area contributed by atoms with Gasteiger partial charge in [-0.3, -0.25) is 9.89 Å². The van der Waals surface area contributed by atoms with E-state index < -0.39 is 0 Å². The standard InChI is InChI=1S/C20H25N5O2/c1-13-21-16-6-4-5-7-18(16)25(13)12-15-10-17(24-23-15)19(26)22-14-8-9-27-20(2,3)11-14/h4-7,10,14H,8-9,11-12H2,1-3H3,(H,22,26)(H,23,24)/t14-/m0/s1. The van der Waals surface area contributed by atoms with Crippen LogP contribution in [-0.2, 0) is 11.3 Å². The molecule has 142 valence electrons. The van der Waals surface area contributed by atoms with E-state index in [2.05, 4.69) is 38.9 Å². The Balaban J connectivity index is 1.47. The second-order valence-electron chi connectivity index (χ2n) is 7.78. The number of hydrogen-bond donors (Lipinski definition) is 2. The number of benzene rings is 1. The third kappa shape index (κ3) is 3.73. The molecule has 1 aliphatic heterocycles. The van der Waals surface area contributed by atoms with Gasteiger partial charge in [0.1, 0.15) is 11.5 Å². The summed E-state index contributed by atoms with van der Waals surface area (Å²) in [6.45, 7) is 7.34. The topological polar surface area (TPSA) is 84.8 Å². The second kappa shape index (κ2) is 6.81. The summed E-state index contributed by atoms with van der Waals surface area (Å²) in [5.41, 5.74) is 3.12. The minimum atomic E-state index is -0.201. The van der Waals surface area contributed by atoms with E-state index in [1.54, 1.807) is 0 Å². The number of aryl methyl sites for hydroxylation is 1. The summed E-state index contributed by atoms with van der Waals surface area (Å²) in [4.78, 5) is 17.1. The van der Waals surface area contributed by atoms with E-state index in [0.717, 1.165) is 35.4 Å². The molecular weight excluding hydrogens is 342 g/mol. The summed E-state index contributed by atoms with van der Waals surface area (Å²) in [6, 6.07) is 9.96. The maximum Gasteiger partial charge on any atom is 0.271 e. The maximum atomic E-state index is 12.6. The lowest BCUT2D eigenvalue weighted by Crippen LogP contribution is -2.45. The van der Waals surface area contributed by atoms with Gasteiger partial charge in [0.15, 0.2) is 0 Å². The number of amides is 1. The highest BCUT2D eigenvalue weighted by Gasteiger charge is 2.30. The first-order valence-electron chi connectivity index (χ1n) is 9.32. The van der Waals surface area contributed by atoms with Gasteiger partial charge in [0.25, 0.3) is 5.91 Å². The monoisotopic (exact) mass is 367 g/mol. The van der Waals surface area contributed by atoms with Crippen LogP contribution in [0.4, 0.5) is 0 Å². The molecule has 0 aliphatic carbocycles. The first-order chi connectivity index (χ1) is 12.9. The zero-order chi connectivity index (χ0) is 19.0. The molecule has 3 aromatic rings. The minimum Gasteiger partial charge on any atom is -0.375 e. The fourth-order valence-corrected chi connectivity index (χ4v) is 3.74. The number of aromatic amines is 1. The lowest BCUT2D eigenvalue weighted by Gasteiger charge is -2.35. The molecule has 1 aliphatic rings. The van der Waals surface area contributed by atoms with E-state index in [4.69, 9.17) is 4.74 Å². The molecule has 3 heterocycles. The molecule has 4 rings (SSSR count). The molecule has 1 atom stereocenters. The normalized spacial score (nSPS) is 19.3. The zero-order valence-electron chi connectivity index (χ0n) is 16.0. The van der Waals surface area contributed by atoms with Crippen molar-refractivity contribution in [2.45, 2.75) is 51.8 Å². The molecular formula is C20H25N5O2. The fourth-order valence-electron chi connectivity index (χ4n) is 3.74. The van der Waals surface area contributed by atoms with Crippen molar-refractivity contribution in [1.29, 1.82) is 0 Å². The summed E-state index contributed by atoms with van der Waals surface area (Å²) in [5, 5.41) is 10.3. The van der Waals surface area contributed by atoms with Gasteiger partial charge >= 0.3 is 0 Å². The van der Waals surface area contributed by atoms with Gasteiger partial charge in [-0.25, -0.2) is 4.98 Å². The van der Waals surface area contributed by atoms with Crippen LogP contribution in [0.25, 0.3) is 11.0 Å². The molecule has 0 radical (unpaired) electrons. The molecule has 1 saturated heterocycles. The summed E-state index contributed by atoms with van der Waals surface area (Å²) >= 11 is 0. The number of hydrogen-bond acceptors (Lipinski definition) is 4. The van der Waals surface area contributed by atoms with Crippen molar-refractivity contribution in [2.75, 3.05) is 6.61 Å². The van der Waals surface area contributed by atoms with Gasteiger partial charge in [-0.05, 0) is 51.8 Å². The third-order valence-electron chi connectivity index (χ3n) is 5.07. The summed E-state index contributed by atoms with van der Waals surface area (Å²) < 4.78 is 7.83. The molecule has 0 unspecified atom stereocenters. The highest BCUT2D eigenvalue weighted by Crippen LogP contribution is 2.24. The zero-order valence-corrected chi connectivity index (χ0v) is 16.0. The molecule has 2 aromatic heterocycles. The molecule has 2 N–H and O–H groups in total. The number of carbonyl (C=O) groups is 1. The predicted molar refractivity (Wildman–Crippen MR) is 103 cm³/mol. The van der Waals surface area contributed by atoms with Crippen LogP contribution in [0.15, 0.2) is 30.3 Å². The van der Waals surface area contributed by atoms with Crippen LogP contribution in [0.3, 0.4) is 0 Å². The van der Waals surface area contributed by atoms with Crippen molar-refractivity contribution in [3.63, 3.8) is 0 Å². The largest absolute Gasteiger partial charge is 0.375 e. The Morgan fingerprint density at radius 1 is 1.41 bits per heavy atom. The maximum absolute atomic E-state index is 12.6. The molecule has 0 saturated carbocycles. The molecule has 0 spiro atoms. The molecule has 1 fully saturated rings. The number of imidazole rings is 1. The first kappa shape index (κ1) is 17.7. The van der Waals surface area contributed by atoms with E-state index in [1.165, 1.54) is 0 Å². The molecule has 0 bridgehead atoms. The summed E-state index contributed by atoms with van der Waals surface area (Å²) in [6.07, 6.45) is 1.63. The number of carbonyl (C=O) groups excluding carboxylic acids is 1. The molecule has 1 aromatic carbocycles. The van der Waals surface area contributed by atoms with Gasteiger partial charge in [0, 0.05) is 12.6 Å². The number of ether oxygens (including phenoxy) is 1. The van der Waals surface area contributed by atoms with Crippen molar-refractivity contribution in [3.05, 3.63) is 47.5 Å². The van der Waals surface area contributed by atoms with Gasteiger partial charge in [0.2, 0.25) is 0 Å². The van der Waals surface area contributed by atoms with E-state index in [-0.39, 0.29) is 17.6 Å². The highest BCUT2D eigenvalue weighted by molar-refractivity contribution is 5.92. The van der Waals surface area contributed by atoms with Gasteiger partial charge in [-0.15, -0.1) is 0 Å². The SMILES string of the molecule is Cc1nc2ccccc2n1Cc1cc(C(=O)N[C@H]2CCOC(C)(C)C2)n[nH]1. The molecule has 1 amide bonds. The lowest BCUT2D eigenvalue weighted by molar-refractivity contribution is -0.0615. The van der Waals surface area contributed by atoms with Crippen molar-refractivity contribution >= 4 is 16.9 Å². The number of nitrogens with one attached hydrogen (secondary N) is 2. The predicted octanol–water partition coefficient (Wildman–Crippen LogP) is 2.80. The Kier molecular flexibility index (Phi) is 4.47. The van der Waals surface area contributed by atoms with Gasteiger partial charge in [0.05, 0.1) is 28.9 Å². The fraction of sp³-hybridized carbons (Fsp3) is 0.450. The van der Waals surface area contributed by atoms with Crippen LogP contribution in [0.5, 0.6) is 0 Å². The number of aromatic nitrogens is 4. The summed E-state index contributed by atoms with van der Waals surface area (Å²) in [7, 11) is 0. The van der Waals surface area contributed by atoms with Gasteiger partial charge < -0.3 is 14.6 Å². The number of para-hydroxylation sites is 2. The van der Waals surface area contributed by atoms with E-state index in [9.17, 15) is 4.79 Å². The summed E-state index contributed by atoms with van der Waals surface area (Å²) in [5.74, 6) is 0.786. The van der Waals surface area contributed by atoms with Crippen molar-refractivity contribution in [3.8, 4) is 0 Å². The average molecular weight is 367 g/mol. The van der Waals surface area contributed by atoms with Gasteiger partial charge in [-0.1, -0.05) is 12.1 Å². The number of rotatable bonds is 4. The Labute approximate surface area is 158 Å². The van der Waals surface area contributed by atoms with Crippen LogP contribution >= 0.6 is 0 Å². The Bertz CT molecular complexity index is 972. The van der Waals surface area contributed by atoms with E-state index in [0.29, 0.717) is 18.8 Å². The van der Waals surface area contributed by atoms with Crippen LogP contribution in [-0.4, -0.2) is 43.9 Å². The Hall–Kier alpha value is -2.67. The quantitative estimate of drug-likeness (QED) is 0.743. The van der Waals surface area contributed by atoms with E-state index >= 15 is 0 Å². The number of H-pyrrole nitrogens is 1. The third-order valence-corrected chi connectivity index (χ3v) is 5.07. The molecule has 7 nitrogen and oxygen atoms in total. The van der Waals surface area contributed by atoms with Gasteiger partial charge in [-0.2, -0.15) is 5.10 Å². The van der Waals surface area contributed by atoms with Crippen molar-refractivity contribution in [2.24, 2.45) is 0 Å². The minimum absolute atomic E-state index is 0.112.